The van der Waals surface area contributed by atoms with Crippen molar-refractivity contribution < 1.29 is 26.8 Å². The monoisotopic (exact) mass is 543 g/mol. The Morgan fingerprint density at radius 2 is 1.90 bits per heavy atom. The number of nitrogens with zero attached hydrogens (tertiary/aromatic N) is 1. The van der Waals surface area contributed by atoms with E-state index in [-0.39, 0.29) is 17.6 Å². The number of benzene rings is 2. The standard InChI is InChI=1S/C31H29NO6S/c1-31(2)26-11-5-6-12-27(26)32(15-7-8-16-39(35,36)37)29(31)14-13-22-17-24-18-23-19-25(33)10-4-3-9-21(23)20-28(24)38-30(22)34/h5-6,11-14,17-18,20H,4,7-8,10,15-16,19H2,1-2H3/b14-13+. The molecule has 0 spiro atoms. The van der Waals surface area contributed by atoms with Crippen LogP contribution in [0.25, 0.3) is 17.0 Å². The second-order valence-electron chi connectivity index (χ2n) is 10.5. The van der Waals surface area contributed by atoms with Gasteiger partial charge in [0.15, 0.2) is 5.71 Å². The summed E-state index contributed by atoms with van der Waals surface area (Å²) in [6, 6.07) is 13.4. The summed E-state index contributed by atoms with van der Waals surface area (Å²) in [5, 5.41) is 0.720. The van der Waals surface area contributed by atoms with E-state index in [1.165, 1.54) is 0 Å². The lowest BCUT2D eigenvalue weighted by Crippen LogP contribution is -2.28. The molecule has 0 fully saturated rings. The molecule has 7 nitrogen and oxygen atoms in total. The number of carbonyl (C=O) groups is 1. The third kappa shape index (κ3) is 5.65. The van der Waals surface area contributed by atoms with Crippen molar-refractivity contribution in [1.29, 1.82) is 0 Å². The molecule has 0 atom stereocenters. The molecule has 1 aliphatic heterocycles. The zero-order valence-corrected chi connectivity index (χ0v) is 22.8. The van der Waals surface area contributed by atoms with Crippen LogP contribution in [0.2, 0.25) is 0 Å². The third-order valence-electron chi connectivity index (χ3n) is 7.37. The maximum absolute atomic E-state index is 12.9. The Morgan fingerprint density at radius 1 is 1.10 bits per heavy atom. The van der Waals surface area contributed by atoms with Gasteiger partial charge in [-0.25, -0.2) is 13.2 Å². The van der Waals surface area contributed by atoms with E-state index in [1.807, 2.05) is 30.3 Å². The van der Waals surface area contributed by atoms with Crippen LogP contribution in [0.3, 0.4) is 0 Å². The predicted octanol–water partition coefficient (Wildman–Crippen LogP) is 4.46. The molecule has 39 heavy (non-hydrogen) atoms. The molecule has 5 rings (SSSR count). The summed E-state index contributed by atoms with van der Waals surface area (Å²) in [5.41, 5.74) is 4.58. The van der Waals surface area contributed by atoms with Crippen molar-refractivity contribution in [3.63, 3.8) is 0 Å². The summed E-state index contributed by atoms with van der Waals surface area (Å²) < 4.78 is 41.0. The van der Waals surface area contributed by atoms with Gasteiger partial charge in [-0.05, 0) is 50.1 Å². The van der Waals surface area contributed by atoms with Gasteiger partial charge in [0.1, 0.15) is 17.9 Å². The van der Waals surface area contributed by atoms with E-state index < -0.39 is 21.5 Å². The van der Waals surface area contributed by atoms with Crippen molar-refractivity contribution in [2.75, 3.05) is 12.3 Å². The molecule has 0 amide bonds. The second kappa shape index (κ2) is 10.4. The number of allylic oxidation sites excluding steroid dienone is 1. The Hall–Kier alpha value is -3.80. The van der Waals surface area contributed by atoms with E-state index in [1.54, 1.807) is 18.2 Å². The highest BCUT2D eigenvalue weighted by molar-refractivity contribution is 7.85. The van der Waals surface area contributed by atoms with Crippen LogP contribution >= 0.6 is 0 Å². The largest absolute Gasteiger partial charge is 0.748 e. The van der Waals surface area contributed by atoms with Gasteiger partial charge >= 0.3 is 5.63 Å². The normalized spacial score (nSPS) is 16.5. The molecule has 0 unspecified atom stereocenters. The molecular weight excluding hydrogens is 514 g/mol. The first kappa shape index (κ1) is 26.8. The molecular formula is C31H29NO6S. The van der Waals surface area contributed by atoms with Gasteiger partial charge in [0, 0.05) is 60.1 Å². The Labute approximate surface area is 227 Å². The molecule has 2 aromatic carbocycles. The molecule has 0 saturated carbocycles. The van der Waals surface area contributed by atoms with E-state index in [0.717, 1.165) is 27.9 Å². The maximum Gasteiger partial charge on any atom is 0.343 e. The fraction of sp³-hybridized carbons (Fsp3) is 0.323. The topological polar surface area (TPSA) is 107 Å². The summed E-state index contributed by atoms with van der Waals surface area (Å²) in [7, 11) is -4.26. The minimum atomic E-state index is -4.26. The minimum absolute atomic E-state index is 0.134. The van der Waals surface area contributed by atoms with Crippen LogP contribution in [0, 0.1) is 11.8 Å². The van der Waals surface area contributed by atoms with Gasteiger partial charge in [0.05, 0.1) is 21.1 Å². The summed E-state index contributed by atoms with van der Waals surface area (Å²) in [6.07, 6.45) is 5.70. The second-order valence-corrected chi connectivity index (χ2v) is 12.1. The molecule has 2 heterocycles. The summed E-state index contributed by atoms with van der Waals surface area (Å²) in [5.74, 6) is 5.84. The Balaban J connectivity index is 1.52. The number of hydrogen-bond donors (Lipinski definition) is 0. The van der Waals surface area contributed by atoms with Crippen molar-refractivity contribution in [3.05, 3.63) is 81.2 Å². The number of rotatable bonds is 7. The first-order valence-corrected chi connectivity index (χ1v) is 14.6. The van der Waals surface area contributed by atoms with Gasteiger partial charge < -0.3 is 8.97 Å². The molecule has 0 radical (unpaired) electrons. The molecule has 2 aliphatic rings. The van der Waals surface area contributed by atoms with E-state index in [0.29, 0.717) is 48.9 Å². The minimum Gasteiger partial charge on any atom is -0.748 e. The van der Waals surface area contributed by atoms with Crippen LogP contribution in [0.5, 0.6) is 0 Å². The number of para-hydroxylation sites is 1. The lowest BCUT2D eigenvalue weighted by molar-refractivity contribution is -0.438. The van der Waals surface area contributed by atoms with Gasteiger partial charge in [-0.15, -0.1) is 0 Å². The molecule has 0 N–H and O–H groups in total. The number of ketones is 1. The van der Waals surface area contributed by atoms with Crippen molar-refractivity contribution >= 4 is 44.3 Å². The number of hydrogen-bond acceptors (Lipinski definition) is 6. The quantitative estimate of drug-likeness (QED) is 0.143. The fourth-order valence-electron chi connectivity index (χ4n) is 5.37. The van der Waals surface area contributed by atoms with Crippen molar-refractivity contribution in [1.82, 2.24) is 0 Å². The zero-order valence-electron chi connectivity index (χ0n) is 22.0. The maximum atomic E-state index is 12.9. The van der Waals surface area contributed by atoms with Crippen LogP contribution < -0.4 is 5.63 Å². The van der Waals surface area contributed by atoms with E-state index in [2.05, 4.69) is 36.3 Å². The van der Waals surface area contributed by atoms with Gasteiger partial charge in [-0.3, -0.25) is 4.79 Å². The van der Waals surface area contributed by atoms with E-state index in [9.17, 15) is 22.6 Å². The van der Waals surface area contributed by atoms with Gasteiger partial charge in [0.2, 0.25) is 5.69 Å². The van der Waals surface area contributed by atoms with Crippen molar-refractivity contribution in [3.8, 4) is 11.8 Å². The van der Waals surface area contributed by atoms with Gasteiger partial charge in [-0.1, -0.05) is 30.0 Å². The summed E-state index contributed by atoms with van der Waals surface area (Å²) in [6.45, 7) is 4.74. The third-order valence-corrected chi connectivity index (χ3v) is 8.16. The summed E-state index contributed by atoms with van der Waals surface area (Å²) >= 11 is 0. The number of carbonyl (C=O) groups excluding carboxylic acids is 1. The highest BCUT2D eigenvalue weighted by Gasteiger charge is 2.43. The predicted molar refractivity (Wildman–Crippen MR) is 149 cm³/mol. The Kier molecular flexibility index (Phi) is 7.15. The highest BCUT2D eigenvalue weighted by Crippen LogP contribution is 2.40. The first-order chi connectivity index (χ1) is 18.5. The van der Waals surface area contributed by atoms with Crippen LogP contribution in [0.15, 0.2) is 57.8 Å². The first-order valence-electron chi connectivity index (χ1n) is 13.0. The Bertz CT molecular complexity index is 1780. The molecule has 0 bridgehead atoms. The SMILES string of the molecule is CC1(C)C(/C=C/c2cc3cc4c(cc3oc2=O)C#CCCC(=O)C4)=[N+](CCCCS(=O)(=O)[O-])c2ccccc21. The lowest BCUT2D eigenvalue weighted by atomic mass is 9.81. The molecule has 1 aromatic heterocycles. The van der Waals surface area contributed by atoms with Crippen LogP contribution in [-0.2, 0) is 26.7 Å². The summed E-state index contributed by atoms with van der Waals surface area (Å²) in [4.78, 5) is 25.2. The number of Topliss-reactive ketones (excluding diaryl/α,β-unsaturated/α-hetero) is 1. The van der Waals surface area contributed by atoms with Gasteiger partial charge in [-0.2, -0.15) is 4.58 Å². The Morgan fingerprint density at radius 3 is 2.69 bits per heavy atom. The number of unbranched alkanes of at least 4 members (excludes halogenated alkanes) is 1. The zero-order chi connectivity index (χ0) is 27.8. The molecule has 8 heteroatoms. The smallest absolute Gasteiger partial charge is 0.343 e. The van der Waals surface area contributed by atoms with E-state index in [4.69, 9.17) is 4.42 Å². The molecule has 200 valence electrons. The average molecular weight is 544 g/mol. The van der Waals surface area contributed by atoms with E-state index >= 15 is 0 Å². The van der Waals surface area contributed by atoms with Crippen molar-refractivity contribution in [2.45, 2.75) is 51.4 Å². The average Bonchev–Trinajstić information content (AvgIpc) is 3.08. The molecule has 3 aromatic rings. The van der Waals surface area contributed by atoms with Crippen LogP contribution in [0.1, 0.15) is 61.8 Å². The highest BCUT2D eigenvalue weighted by atomic mass is 32.2. The molecule has 1 aliphatic carbocycles. The number of fused-ring (bicyclic) bond motifs is 3. The molecule has 0 saturated heterocycles. The van der Waals surface area contributed by atoms with Gasteiger partial charge in [0.25, 0.3) is 0 Å². The van der Waals surface area contributed by atoms with Crippen LogP contribution in [0.4, 0.5) is 5.69 Å². The van der Waals surface area contributed by atoms with Crippen molar-refractivity contribution in [2.24, 2.45) is 0 Å². The fourth-order valence-corrected chi connectivity index (χ4v) is 5.93. The van der Waals surface area contributed by atoms with Crippen LogP contribution in [-0.4, -0.2) is 41.3 Å². The lowest BCUT2D eigenvalue weighted by Gasteiger charge is -2.15.